The smallest absolute Gasteiger partial charge is 0.249 e. The van der Waals surface area contributed by atoms with Crippen molar-refractivity contribution in [2.24, 2.45) is 0 Å². The van der Waals surface area contributed by atoms with Gasteiger partial charge < -0.3 is 25.7 Å². The largest absolute Gasteiger partial charge is 0.394 e. The Morgan fingerprint density at radius 1 is 0.412 bits per heavy atom. The maximum Gasteiger partial charge on any atom is 0.249 e. The van der Waals surface area contributed by atoms with Gasteiger partial charge in [-0.3, -0.25) is 4.79 Å². The molecule has 0 aliphatic heterocycles. The molecule has 0 aromatic carbocycles. The van der Waals surface area contributed by atoms with Crippen molar-refractivity contribution in [1.82, 2.24) is 5.32 Å². The fourth-order valence-corrected chi connectivity index (χ4v) is 7.41. The lowest BCUT2D eigenvalue weighted by Crippen LogP contribution is -2.53. The molecule has 0 radical (unpaired) electrons. The number of rotatable bonds is 42. The molecule has 6 heteroatoms. The Morgan fingerprint density at radius 3 is 0.941 bits per heavy atom. The molecule has 0 saturated heterocycles. The van der Waals surface area contributed by atoms with Gasteiger partial charge in [-0.1, -0.05) is 239 Å². The Kier molecular flexibility index (Phi) is 39.9. The van der Waals surface area contributed by atoms with Gasteiger partial charge in [0.25, 0.3) is 0 Å². The van der Waals surface area contributed by atoms with E-state index in [9.17, 15) is 25.2 Å². The van der Waals surface area contributed by atoms with Crippen LogP contribution >= 0.6 is 0 Å². The number of amides is 1. The molecule has 5 N–H and O–H groups in total. The first-order valence-electron chi connectivity index (χ1n) is 22.9. The van der Waals surface area contributed by atoms with Crippen LogP contribution in [0.3, 0.4) is 0 Å². The first-order chi connectivity index (χ1) is 25.0. The van der Waals surface area contributed by atoms with Crippen molar-refractivity contribution in [3.63, 3.8) is 0 Å². The normalized spacial score (nSPS) is 14.1. The summed E-state index contributed by atoms with van der Waals surface area (Å²) in [7, 11) is 0. The number of aliphatic hydroxyl groups is 4. The number of carbonyl (C=O) groups is 1. The van der Waals surface area contributed by atoms with Crippen LogP contribution in [0.15, 0.2) is 0 Å². The van der Waals surface area contributed by atoms with E-state index in [2.05, 4.69) is 19.2 Å². The first kappa shape index (κ1) is 50.3. The monoisotopic (exact) mass is 726 g/mol. The minimum absolute atomic E-state index is 0.375. The van der Waals surface area contributed by atoms with Crippen molar-refractivity contribution in [2.75, 3.05) is 6.61 Å². The van der Waals surface area contributed by atoms with Gasteiger partial charge in [0.15, 0.2) is 0 Å². The molecule has 6 nitrogen and oxygen atoms in total. The molecular weight excluding hydrogens is 634 g/mol. The molecule has 1 amide bonds. The van der Waals surface area contributed by atoms with Gasteiger partial charge in [0.05, 0.1) is 18.8 Å². The van der Waals surface area contributed by atoms with Crippen molar-refractivity contribution in [3.05, 3.63) is 0 Å². The average molecular weight is 726 g/mol. The summed E-state index contributed by atoms with van der Waals surface area (Å²) in [6.07, 6.45) is 42.8. The van der Waals surface area contributed by atoms with E-state index < -0.39 is 36.9 Å². The van der Waals surface area contributed by atoms with Gasteiger partial charge in [0.2, 0.25) is 5.91 Å². The van der Waals surface area contributed by atoms with E-state index >= 15 is 0 Å². The van der Waals surface area contributed by atoms with Crippen LogP contribution in [-0.4, -0.2) is 57.3 Å². The van der Waals surface area contributed by atoms with E-state index in [0.717, 1.165) is 38.5 Å². The molecule has 0 aromatic heterocycles. The Hall–Kier alpha value is -0.690. The first-order valence-corrected chi connectivity index (χ1v) is 22.9. The third-order valence-electron chi connectivity index (χ3n) is 11.1. The molecular formula is C45H91NO5. The van der Waals surface area contributed by atoms with E-state index in [1.54, 1.807) is 0 Å². The van der Waals surface area contributed by atoms with Gasteiger partial charge in [-0.05, 0) is 12.8 Å². The van der Waals surface area contributed by atoms with Gasteiger partial charge in [-0.2, -0.15) is 0 Å². The van der Waals surface area contributed by atoms with Gasteiger partial charge >= 0.3 is 0 Å². The SMILES string of the molecule is CCCCCCCCCCCCCCCCCCCCCCCCC(O)C(O)C(CO)NC(=O)C(O)CCCCCCCCCCCCCCC. The van der Waals surface area contributed by atoms with Crippen molar-refractivity contribution in [2.45, 2.75) is 276 Å². The summed E-state index contributed by atoms with van der Waals surface area (Å²) in [5, 5.41) is 43.7. The van der Waals surface area contributed by atoms with Gasteiger partial charge in [0.1, 0.15) is 12.2 Å². The van der Waals surface area contributed by atoms with Gasteiger partial charge in [0, 0.05) is 0 Å². The summed E-state index contributed by atoms with van der Waals surface area (Å²) in [4.78, 5) is 12.5. The third kappa shape index (κ3) is 34.8. The fourth-order valence-electron chi connectivity index (χ4n) is 7.41. The lowest BCUT2D eigenvalue weighted by atomic mass is 9.99. The molecule has 0 aromatic rings. The second-order valence-corrected chi connectivity index (χ2v) is 16.1. The zero-order chi connectivity index (χ0) is 37.5. The maximum atomic E-state index is 12.5. The number of hydrogen-bond donors (Lipinski definition) is 5. The van der Waals surface area contributed by atoms with Crippen molar-refractivity contribution in [1.29, 1.82) is 0 Å². The molecule has 51 heavy (non-hydrogen) atoms. The molecule has 306 valence electrons. The predicted octanol–water partition coefficient (Wildman–Crippen LogP) is 12.0. The average Bonchev–Trinajstić information content (AvgIpc) is 3.13. The van der Waals surface area contributed by atoms with E-state index in [1.165, 1.54) is 186 Å². The number of aliphatic hydroxyl groups excluding tert-OH is 4. The minimum atomic E-state index is -1.25. The topological polar surface area (TPSA) is 110 Å². The number of hydrogen-bond acceptors (Lipinski definition) is 5. The molecule has 0 saturated carbocycles. The third-order valence-corrected chi connectivity index (χ3v) is 11.1. The van der Waals surface area contributed by atoms with Crippen LogP contribution < -0.4 is 5.32 Å². The summed E-state index contributed by atoms with van der Waals surface area (Å²) < 4.78 is 0. The van der Waals surface area contributed by atoms with Crippen molar-refractivity contribution >= 4 is 5.91 Å². The maximum absolute atomic E-state index is 12.5. The van der Waals surface area contributed by atoms with Crippen LogP contribution in [0.1, 0.15) is 251 Å². The Morgan fingerprint density at radius 2 is 0.667 bits per heavy atom. The molecule has 0 fully saturated rings. The highest BCUT2D eigenvalue weighted by atomic mass is 16.3. The molecule has 4 unspecified atom stereocenters. The quantitative estimate of drug-likeness (QED) is 0.0402. The van der Waals surface area contributed by atoms with Crippen LogP contribution in [0.4, 0.5) is 0 Å². The molecule has 0 aliphatic carbocycles. The van der Waals surface area contributed by atoms with Gasteiger partial charge in [-0.25, -0.2) is 0 Å². The molecule has 0 heterocycles. The van der Waals surface area contributed by atoms with E-state index in [0.29, 0.717) is 12.8 Å². The highest BCUT2D eigenvalue weighted by molar-refractivity contribution is 5.80. The standard InChI is InChI=1S/C45H91NO5/c1-3-5-7-9-11-13-15-17-18-19-20-21-22-23-24-25-27-28-30-32-34-36-38-42(48)44(50)41(40-47)46-45(51)43(49)39-37-35-33-31-29-26-16-14-12-10-8-6-4-2/h41-44,47-50H,3-40H2,1-2H3,(H,46,51). The second kappa shape index (κ2) is 40.5. The Balaban J connectivity index is 3.65. The second-order valence-electron chi connectivity index (χ2n) is 16.1. The summed E-state index contributed by atoms with van der Waals surface area (Å²) in [6, 6.07) is -0.978. The lowest BCUT2D eigenvalue weighted by molar-refractivity contribution is -0.132. The van der Waals surface area contributed by atoms with Crippen LogP contribution in [-0.2, 0) is 4.79 Å². The van der Waals surface area contributed by atoms with Crippen LogP contribution in [0.2, 0.25) is 0 Å². The van der Waals surface area contributed by atoms with Crippen LogP contribution in [0.25, 0.3) is 0 Å². The summed E-state index contributed by atoms with van der Waals surface area (Å²) in [5.74, 6) is -0.580. The Bertz CT molecular complexity index is 692. The number of carbonyl (C=O) groups excluding carboxylic acids is 1. The highest BCUT2D eigenvalue weighted by Crippen LogP contribution is 2.17. The summed E-state index contributed by atoms with van der Waals surface area (Å²) in [6.45, 7) is 4.06. The lowest BCUT2D eigenvalue weighted by Gasteiger charge is -2.27. The minimum Gasteiger partial charge on any atom is -0.394 e. The Labute approximate surface area is 318 Å². The van der Waals surface area contributed by atoms with Crippen molar-refractivity contribution in [3.8, 4) is 0 Å². The predicted molar refractivity (Wildman–Crippen MR) is 219 cm³/mol. The molecule has 0 aliphatic rings. The van der Waals surface area contributed by atoms with Crippen LogP contribution in [0, 0.1) is 0 Å². The van der Waals surface area contributed by atoms with E-state index in [1.807, 2.05) is 0 Å². The number of nitrogens with one attached hydrogen (secondary N) is 1. The summed E-state index contributed by atoms with van der Waals surface area (Å²) in [5.41, 5.74) is 0. The zero-order valence-corrected chi connectivity index (χ0v) is 34.4. The molecule has 0 bridgehead atoms. The van der Waals surface area contributed by atoms with E-state index in [-0.39, 0.29) is 0 Å². The van der Waals surface area contributed by atoms with Crippen LogP contribution in [0.5, 0.6) is 0 Å². The molecule has 0 rings (SSSR count). The van der Waals surface area contributed by atoms with Gasteiger partial charge in [-0.15, -0.1) is 0 Å². The molecule has 0 spiro atoms. The zero-order valence-electron chi connectivity index (χ0n) is 34.4. The van der Waals surface area contributed by atoms with Crippen molar-refractivity contribution < 1.29 is 25.2 Å². The number of unbranched alkanes of at least 4 members (excludes halogenated alkanes) is 33. The highest BCUT2D eigenvalue weighted by Gasteiger charge is 2.28. The molecule has 4 atom stereocenters. The summed E-state index contributed by atoms with van der Waals surface area (Å²) >= 11 is 0. The van der Waals surface area contributed by atoms with E-state index in [4.69, 9.17) is 0 Å². The fraction of sp³-hybridized carbons (Fsp3) is 0.978.